The van der Waals surface area contributed by atoms with Gasteiger partial charge in [0.15, 0.2) is 0 Å². The van der Waals surface area contributed by atoms with Gasteiger partial charge in [0.1, 0.15) is 0 Å². The van der Waals surface area contributed by atoms with Gasteiger partial charge in [-0.25, -0.2) is 9.48 Å². The van der Waals surface area contributed by atoms with Crippen LogP contribution in [0.15, 0.2) is 73.1 Å². The first kappa shape index (κ1) is 17.7. The van der Waals surface area contributed by atoms with Crippen LogP contribution in [0.5, 0.6) is 0 Å². The molecule has 0 saturated carbocycles. The molecule has 0 saturated heterocycles. The van der Waals surface area contributed by atoms with Gasteiger partial charge in [-0.1, -0.05) is 42.5 Å². The molecule has 0 bridgehead atoms. The summed E-state index contributed by atoms with van der Waals surface area (Å²) in [6, 6.07) is 20.1. The van der Waals surface area contributed by atoms with E-state index in [1.165, 1.54) is 5.56 Å². The number of aryl methyl sites for hydroxylation is 1. The number of amides is 2. The number of nitrogens with one attached hydrogen (secondary N) is 2. The molecule has 3 aromatic rings. The minimum Gasteiger partial charge on any atom is -0.336 e. The molecule has 0 spiro atoms. The van der Waals surface area contributed by atoms with Crippen molar-refractivity contribution in [3.05, 3.63) is 84.2 Å². The van der Waals surface area contributed by atoms with Crippen LogP contribution in [0.2, 0.25) is 0 Å². The lowest BCUT2D eigenvalue weighted by molar-refractivity contribution is 0.237. The van der Waals surface area contributed by atoms with Crippen LogP contribution in [0.4, 0.5) is 4.79 Å². The molecule has 2 aromatic carbocycles. The summed E-state index contributed by atoms with van der Waals surface area (Å²) < 4.78 is 1.80. The molecule has 1 aromatic heterocycles. The number of carbonyl (C=O) groups is 1. The molecular weight excluding hydrogens is 324 g/mol. The number of hydrogen-bond donors (Lipinski definition) is 2. The molecule has 0 radical (unpaired) electrons. The van der Waals surface area contributed by atoms with Crippen LogP contribution >= 0.6 is 0 Å². The average molecular weight is 348 g/mol. The van der Waals surface area contributed by atoms with Gasteiger partial charge in [0.2, 0.25) is 0 Å². The van der Waals surface area contributed by atoms with Crippen molar-refractivity contribution in [2.24, 2.45) is 0 Å². The van der Waals surface area contributed by atoms with Crippen molar-refractivity contribution < 1.29 is 4.79 Å². The molecule has 1 atom stereocenters. The molecule has 1 heterocycles. The lowest BCUT2D eigenvalue weighted by Crippen LogP contribution is -2.40. The maximum absolute atomic E-state index is 12.1. The third-order valence-corrected chi connectivity index (χ3v) is 4.22. The Balaban J connectivity index is 1.44. The second-order valence-corrected chi connectivity index (χ2v) is 6.37. The minimum atomic E-state index is -0.143. The van der Waals surface area contributed by atoms with Crippen molar-refractivity contribution in [3.63, 3.8) is 0 Å². The van der Waals surface area contributed by atoms with E-state index in [1.807, 2.05) is 61.7 Å². The monoisotopic (exact) mass is 348 g/mol. The molecule has 0 aliphatic carbocycles. The van der Waals surface area contributed by atoms with Crippen LogP contribution in [0, 0.1) is 0 Å². The van der Waals surface area contributed by atoms with Crippen LogP contribution in [-0.2, 0) is 13.0 Å². The number of benzene rings is 2. The largest absolute Gasteiger partial charge is 0.336 e. The van der Waals surface area contributed by atoms with Gasteiger partial charge in [-0.15, -0.1) is 0 Å². The Morgan fingerprint density at radius 2 is 1.88 bits per heavy atom. The summed E-state index contributed by atoms with van der Waals surface area (Å²) >= 11 is 0. The quantitative estimate of drug-likeness (QED) is 0.684. The van der Waals surface area contributed by atoms with Gasteiger partial charge in [0.25, 0.3) is 0 Å². The second-order valence-electron chi connectivity index (χ2n) is 6.37. The minimum absolute atomic E-state index is 0.116. The average Bonchev–Trinajstić information content (AvgIpc) is 3.21. The van der Waals surface area contributed by atoms with Crippen LogP contribution in [-0.4, -0.2) is 21.9 Å². The van der Waals surface area contributed by atoms with Gasteiger partial charge in [-0.3, -0.25) is 0 Å². The van der Waals surface area contributed by atoms with E-state index in [1.54, 1.807) is 10.9 Å². The molecule has 0 aliphatic heterocycles. The number of hydrogen-bond acceptors (Lipinski definition) is 2. The number of rotatable bonds is 7. The maximum Gasteiger partial charge on any atom is 0.315 e. The van der Waals surface area contributed by atoms with E-state index < -0.39 is 0 Å². The molecule has 2 N–H and O–H groups in total. The van der Waals surface area contributed by atoms with E-state index in [9.17, 15) is 4.79 Å². The molecule has 0 aliphatic rings. The van der Waals surface area contributed by atoms with Crippen LogP contribution in [0.1, 0.15) is 24.5 Å². The molecule has 0 fully saturated rings. The zero-order chi connectivity index (χ0) is 18.2. The molecule has 3 rings (SSSR count). The lowest BCUT2D eigenvalue weighted by atomic mass is 10.1. The Labute approximate surface area is 154 Å². The molecule has 26 heavy (non-hydrogen) atoms. The van der Waals surface area contributed by atoms with Gasteiger partial charge in [0, 0.05) is 25.0 Å². The molecule has 5 heteroatoms. The van der Waals surface area contributed by atoms with Crippen LogP contribution in [0.25, 0.3) is 5.69 Å². The predicted molar refractivity (Wildman–Crippen MR) is 103 cm³/mol. The van der Waals surface area contributed by atoms with E-state index in [-0.39, 0.29) is 12.1 Å². The van der Waals surface area contributed by atoms with E-state index in [2.05, 4.69) is 27.9 Å². The first-order chi connectivity index (χ1) is 12.7. The van der Waals surface area contributed by atoms with Gasteiger partial charge in [-0.05, 0) is 49.1 Å². The number of carbonyl (C=O) groups excluding carboxylic acids is 1. The Bertz CT molecular complexity index is 815. The Morgan fingerprint density at radius 3 is 2.65 bits per heavy atom. The fraction of sp³-hybridized carbons (Fsp3) is 0.238. The summed E-state index contributed by atoms with van der Waals surface area (Å²) in [5.74, 6) is 0. The van der Waals surface area contributed by atoms with Crippen molar-refractivity contribution in [1.82, 2.24) is 20.4 Å². The fourth-order valence-electron chi connectivity index (χ4n) is 2.79. The third kappa shape index (κ3) is 5.21. The van der Waals surface area contributed by atoms with Crippen molar-refractivity contribution >= 4 is 6.03 Å². The van der Waals surface area contributed by atoms with E-state index >= 15 is 0 Å². The molecular formula is C21H24N4O. The van der Waals surface area contributed by atoms with Crippen LogP contribution in [0.3, 0.4) is 0 Å². The summed E-state index contributed by atoms with van der Waals surface area (Å²) in [5.41, 5.74) is 3.30. The van der Waals surface area contributed by atoms with Gasteiger partial charge in [-0.2, -0.15) is 5.10 Å². The molecule has 134 valence electrons. The first-order valence-electron chi connectivity index (χ1n) is 8.88. The second kappa shape index (κ2) is 8.85. The zero-order valence-corrected chi connectivity index (χ0v) is 14.9. The van der Waals surface area contributed by atoms with Crippen molar-refractivity contribution in [2.75, 3.05) is 0 Å². The van der Waals surface area contributed by atoms with Crippen molar-refractivity contribution in [3.8, 4) is 5.69 Å². The number of nitrogens with zero attached hydrogens (tertiary/aromatic N) is 2. The molecule has 2 amide bonds. The van der Waals surface area contributed by atoms with E-state index in [0.717, 1.165) is 24.1 Å². The summed E-state index contributed by atoms with van der Waals surface area (Å²) in [6.07, 6.45) is 5.50. The Morgan fingerprint density at radius 1 is 1.08 bits per heavy atom. The molecule has 1 unspecified atom stereocenters. The Hall–Kier alpha value is -3.08. The Kier molecular flexibility index (Phi) is 6.04. The van der Waals surface area contributed by atoms with E-state index in [0.29, 0.717) is 6.54 Å². The highest BCUT2D eigenvalue weighted by atomic mass is 16.2. The standard InChI is InChI=1S/C21H24N4O/c1-17(11-12-18-7-3-2-4-8-18)24-21(26)22-16-19-9-5-10-20(15-19)25-14-6-13-23-25/h2-10,13-15,17H,11-12,16H2,1H3,(H2,22,24,26). The molecule has 5 nitrogen and oxygen atoms in total. The highest BCUT2D eigenvalue weighted by Crippen LogP contribution is 2.09. The maximum atomic E-state index is 12.1. The normalized spacial score (nSPS) is 11.7. The summed E-state index contributed by atoms with van der Waals surface area (Å²) in [7, 11) is 0. The summed E-state index contributed by atoms with van der Waals surface area (Å²) in [5, 5.41) is 10.1. The van der Waals surface area contributed by atoms with Crippen molar-refractivity contribution in [2.45, 2.75) is 32.4 Å². The lowest BCUT2D eigenvalue weighted by Gasteiger charge is -2.15. The zero-order valence-electron chi connectivity index (χ0n) is 14.9. The van der Waals surface area contributed by atoms with Gasteiger partial charge in [0.05, 0.1) is 5.69 Å². The smallest absolute Gasteiger partial charge is 0.315 e. The highest BCUT2D eigenvalue weighted by molar-refractivity contribution is 5.74. The number of aromatic nitrogens is 2. The highest BCUT2D eigenvalue weighted by Gasteiger charge is 2.07. The van der Waals surface area contributed by atoms with Crippen molar-refractivity contribution in [1.29, 1.82) is 0 Å². The van der Waals surface area contributed by atoms with Crippen LogP contribution < -0.4 is 10.6 Å². The van der Waals surface area contributed by atoms with E-state index in [4.69, 9.17) is 0 Å². The topological polar surface area (TPSA) is 59.0 Å². The number of urea groups is 1. The van der Waals surface area contributed by atoms with Gasteiger partial charge >= 0.3 is 6.03 Å². The third-order valence-electron chi connectivity index (χ3n) is 4.22. The SMILES string of the molecule is CC(CCc1ccccc1)NC(=O)NCc1cccc(-n2cccn2)c1. The fourth-order valence-corrected chi connectivity index (χ4v) is 2.79. The summed E-state index contributed by atoms with van der Waals surface area (Å²) in [6.45, 7) is 2.51. The predicted octanol–water partition coefficient (Wildman–Crippen LogP) is 3.69. The first-order valence-corrected chi connectivity index (χ1v) is 8.88. The van der Waals surface area contributed by atoms with Gasteiger partial charge < -0.3 is 10.6 Å². The summed E-state index contributed by atoms with van der Waals surface area (Å²) in [4.78, 5) is 12.1.